The topological polar surface area (TPSA) is 40.5 Å². The van der Waals surface area contributed by atoms with Gasteiger partial charge >= 0.3 is 0 Å². The quantitative estimate of drug-likeness (QED) is 0.707. The van der Waals surface area contributed by atoms with E-state index in [0.29, 0.717) is 0 Å². The van der Waals surface area contributed by atoms with Crippen molar-refractivity contribution in [3.05, 3.63) is 35.4 Å². The molecule has 0 heterocycles. The standard InChI is InChI=1S/C12H18O2/c1-9-7-5-6-8-10(9)11(2,3)12(4,13)14/h5-8,13-14H,1-4H3. The molecule has 0 saturated heterocycles. The van der Waals surface area contributed by atoms with Crippen molar-refractivity contribution in [2.24, 2.45) is 0 Å². The average Bonchev–Trinajstić information content (AvgIpc) is 2.02. The lowest BCUT2D eigenvalue weighted by Gasteiger charge is -2.37. The largest absolute Gasteiger partial charge is 0.365 e. The third-order valence-corrected chi connectivity index (χ3v) is 3.00. The monoisotopic (exact) mass is 194 g/mol. The predicted molar refractivity (Wildman–Crippen MR) is 57.0 cm³/mol. The van der Waals surface area contributed by atoms with Crippen LogP contribution >= 0.6 is 0 Å². The molecule has 0 fully saturated rings. The van der Waals surface area contributed by atoms with E-state index in [1.165, 1.54) is 6.92 Å². The van der Waals surface area contributed by atoms with Crippen molar-refractivity contribution in [3.63, 3.8) is 0 Å². The van der Waals surface area contributed by atoms with Gasteiger partial charge in [0.2, 0.25) is 0 Å². The van der Waals surface area contributed by atoms with E-state index in [-0.39, 0.29) is 0 Å². The van der Waals surface area contributed by atoms with Gasteiger partial charge in [-0.05, 0) is 25.0 Å². The number of hydrogen-bond acceptors (Lipinski definition) is 2. The molecule has 1 aromatic carbocycles. The Hall–Kier alpha value is -0.860. The molecular formula is C12H18O2. The summed E-state index contributed by atoms with van der Waals surface area (Å²) in [5.74, 6) is -1.71. The molecule has 0 amide bonds. The molecule has 0 aliphatic carbocycles. The summed E-state index contributed by atoms with van der Waals surface area (Å²) in [5.41, 5.74) is 1.37. The van der Waals surface area contributed by atoms with Crippen molar-refractivity contribution in [3.8, 4) is 0 Å². The minimum Gasteiger partial charge on any atom is -0.365 e. The second-order valence-corrected chi connectivity index (χ2v) is 4.46. The molecule has 0 unspecified atom stereocenters. The Morgan fingerprint density at radius 2 is 1.50 bits per heavy atom. The zero-order valence-corrected chi connectivity index (χ0v) is 9.20. The van der Waals surface area contributed by atoms with E-state index in [1.54, 1.807) is 0 Å². The Morgan fingerprint density at radius 1 is 1.00 bits per heavy atom. The molecule has 0 bridgehead atoms. The maximum absolute atomic E-state index is 9.68. The minimum atomic E-state index is -1.71. The molecule has 0 aromatic heterocycles. The van der Waals surface area contributed by atoms with E-state index in [0.717, 1.165) is 11.1 Å². The van der Waals surface area contributed by atoms with E-state index < -0.39 is 11.2 Å². The first-order valence-electron chi connectivity index (χ1n) is 4.77. The number of benzene rings is 1. The number of aliphatic hydroxyl groups is 2. The van der Waals surface area contributed by atoms with Gasteiger partial charge in [-0.15, -0.1) is 0 Å². The maximum atomic E-state index is 9.68. The van der Waals surface area contributed by atoms with Crippen LogP contribution in [0.1, 0.15) is 31.9 Å². The Balaban J connectivity index is 3.23. The van der Waals surface area contributed by atoms with Crippen molar-refractivity contribution >= 4 is 0 Å². The van der Waals surface area contributed by atoms with E-state index in [4.69, 9.17) is 0 Å². The van der Waals surface area contributed by atoms with Crippen molar-refractivity contribution < 1.29 is 10.2 Å². The normalized spacial score (nSPS) is 13.0. The van der Waals surface area contributed by atoms with Gasteiger partial charge < -0.3 is 10.2 Å². The molecular weight excluding hydrogens is 176 g/mol. The SMILES string of the molecule is Cc1ccccc1C(C)(C)C(C)(O)O. The van der Waals surface area contributed by atoms with Crippen LogP contribution < -0.4 is 0 Å². The van der Waals surface area contributed by atoms with Crippen LogP contribution in [0.25, 0.3) is 0 Å². The molecule has 0 aliphatic rings. The number of aryl methyl sites for hydroxylation is 1. The van der Waals surface area contributed by atoms with Crippen LogP contribution in [0.2, 0.25) is 0 Å². The van der Waals surface area contributed by atoms with Gasteiger partial charge in [-0.1, -0.05) is 38.1 Å². The van der Waals surface area contributed by atoms with E-state index in [1.807, 2.05) is 45.0 Å². The van der Waals surface area contributed by atoms with Crippen LogP contribution in [-0.4, -0.2) is 16.0 Å². The summed E-state index contributed by atoms with van der Waals surface area (Å²) in [6.07, 6.45) is 0. The van der Waals surface area contributed by atoms with Crippen molar-refractivity contribution in [2.45, 2.75) is 38.9 Å². The molecule has 0 saturated carbocycles. The molecule has 0 atom stereocenters. The molecule has 0 aliphatic heterocycles. The van der Waals surface area contributed by atoms with Gasteiger partial charge in [0.15, 0.2) is 5.79 Å². The lowest BCUT2D eigenvalue weighted by molar-refractivity contribution is -0.190. The second kappa shape index (κ2) is 3.37. The summed E-state index contributed by atoms with van der Waals surface area (Å²) in [6.45, 7) is 7.05. The first-order valence-corrected chi connectivity index (χ1v) is 4.77. The summed E-state index contributed by atoms with van der Waals surface area (Å²) >= 11 is 0. The van der Waals surface area contributed by atoms with Gasteiger partial charge in [0, 0.05) is 5.41 Å². The van der Waals surface area contributed by atoms with Gasteiger partial charge in [0.05, 0.1) is 0 Å². The fraction of sp³-hybridized carbons (Fsp3) is 0.500. The third-order valence-electron chi connectivity index (χ3n) is 3.00. The smallest absolute Gasteiger partial charge is 0.168 e. The molecule has 14 heavy (non-hydrogen) atoms. The highest BCUT2D eigenvalue weighted by molar-refractivity contribution is 5.33. The highest BCUT2D eigenvalue weighted by atomic mass is 16.5. The van der Waals surface area contributed by atoms with Gasteiger partial charge in [0.1, 0.15) is 0 Å². The maximum Gasteiger partial charge on any atom is 0.168 e. The fourth-order valence-electron chi connectivity index (χ4n) is 1.53. The molecule has 2 N–H and O–H groups in total. The van der Waals surface area contributed by atoms with Crippen LogP contribution in [0.4, 0.5) is 0 Å². The fourth-order valence-corrected chi connectivity index (χ4v) is 1.53. The van der Waals surface area contributed by atoms with Crippen molar-refractivity contribution in [1.82, 2.24) is 0 Å². The van der Waals surface area contributed by atoms with E-state index in [2.05, 4.69) is 0 Å². The second-order valence-electron chi connectivity index (χ2n) is 4.46. The van der Waals surface area contributed by atoms with E-state index in [9.17, 15) is 10.2 Å². The zero-order chi connectivity index (χ0) is 11.0. The van der Waals surface area contributed by atoms with Crippen LogP contribution in [-0.2, 0) is 5.41 Å². The van der Waals surface area contributed by atoms with Gasteiger partial charge in [-0.25, -0.2) is 0 Å². The highest BCUT2D eigenvalue weighted by Crippen LogP contribution is 2.34. The average molecular weight is 194 g/mol. The van der Waals surface area contributed by atoms with Crippen LogP contribution in [0.3, 0.4) is 0 Å². The Kier molecular flexibility index (Phi) is 2.70. The van der Waals surface area contributed by atoms with Gasteiger partial charge in [0.25, 0.3) is 0 Å². The third kappa shape index (κ3) is 1.81. The number of hydrogen-bond donors (Lipinski definition) is 2. The summed E-state index contributed by atoms with van der Waals surface area (Å²) < 4.78 is 0. The molecule has 2 heteroatoms. The molecule has 1 rings (SSSR count). The van der Waals surface area contributed by atoms with Crippen LogP contribution in [0.5, 0.6) is 0 Å². The Morgan fingerprint density at radius 3 is 1.93 bits per heavy atom. The molecule has 78 valence electrons. The van der Waals surface area contributed by atoms with Crippen LogP contribution in [0, 0.1) is 6.92 Å². The van der Waals surface area contributed by atoms with Gasteiger partial charge in [-0.2, -0.15) is 0 Å². The highest BCUT2D eigenvalue weighted by Gasteiger charge is 2.39. The van der Waals surface area contributed by atoms with Crippen molar-refractivity contribution in [1.29, 1.82) is 0 Å². The van der Waals surface area contributed by atoms with Crippen molar-refractivity contribution in [2.75, 3.05) is 0 Å². The summed E-state index contributed by atoms with van der Waals surface area (Å²) in [7, 11) is 0. The van der Waals surface area contributed by atoms with Gasteiger partial charge in [-0.3, -0.25) is 0 Å². The molecule has 2 nitrogen and oxygen atoms in total. The lowest BCUT2D eigenvalue weighted by Crippen LogP contribution is -2.45. The molecule has 1 aromatic rings. The summed E-state index contributed by atoms with van der Waals surface area (Å²) in [5, 5.41) is 19.4. The Labute approximate surface area is 85.2 Å². The first kappa shape index (κ1) is 11.2. The first-order chi connectivity index (χ1) is 6.27. The minimum absolute atomic E-state index is 0.668. The molecule has 0 spiro atoms. The zero-order valence-electron chi connectivity index (χ0n) is 9.20. The summed E-state index contributed by atoms with van der Waals surface area (Å²) in [6, 6.07) is 7.76. The molecule has 0 radical (unpaired) electrons. The lowest BCUT2D eigenvalue weighted by atomic mass is 9.76. The summed E-state index contributed by atoms with van der Waals surface area (Å²) in [4.78, 5) is 0. The van der Waals surface area contributed by atoms with E-state index >= 15 is 0 Å². The number of rotatable bonds is 2. The predicted octanol–water partition coefficient (Wildman–Crippen LogP) is 1.97. The van der Waals surface area contributed by atoms with Crippen LogP contribution in [0.15, 0.2) is 24.3 Å². The Bertz CT molecular complexity index is 321.